The zero-order chi connectivity index (χ0) is 12.4. The number of phenols is 1. The van der Waals surface area contributed by atoms with E-state index in [2.05, 4.69) is 10.6 Å². The normalized spacial score (nSPS) is 22.9. The summed E-state index contributed by atoms with van der Waals surface area (Å²) >= 11 is 0. The van der Waals surface area contributed by atoms with Gasteiger partial charge in [-0.15, -0.1) is 0 Å². The van der Waals surface area contributed by atoms with Gasteiger partial charge in [0.25, 0.3) is 0 Å². The fourth-order valence-electron chi connectivity index (χ4n) is 2.39. The second kappa shape index (κ2) is 4.73. The monoisotopic (exact) mass is 236 g/mol. The lowest BCUT2D eigenvalue weighted by molar-refractivity contribution is -0.105. The number of hydrogen-bond donors (Lipinski definition) is 4. The number of hydrogen-bond acceptors (Lipinski definition) is 4. The molecule has 0 aromatic heterocycles. The van der Waals surface area contributed by atoms with Crippen LogP contribution in [0.4, 0.5) is 5.69 Å². The largest absolute Gasteiger partial charge is 0.506 e. The smallest absolute Gasteiger partial charge is 0.211 e. The number of aromatic hydroxyl groups is 1. The third kappa shape index (κ3) is 1.99. The van der Waals surface area contributed by atoms with Gasteiger partial charge in [0.05, 0.1) is 11.8 Å². The number of aliphatic hydroxyl groups is 1. The zero-order valence-corrected chi connectivity index (χ0v) is 9.60. The highest BCUT2D eigenvalue weighted by atomic mass is 16.3. The van der Waals surface area contributed by atoms with Crippen LogP contribution in [-0.4, -0.2) is 29.7 Å². The molecule has 5 nitrogen and oxygen atoms in total. The minimum Gasteiger partial charge on any atom is -0.506 e. The van der Waals surface area contributed by atoms with Crippen LogP contribution in [-0.2, 0) is 11.2 Å². The van der Waals surface area contributed by atoms with Crippen molar-refractivity contribution in [1.29, 1.82) is 0 Å². The number of anilines is 1. The number of fused-ring (bicyclic) bond motifs is 1. The van der Waals surface area contributed by atoms with Gasteiger partial charge in [-0.2, -0.15) is 0 Å². The van der Waals surface area contributed by atoms with Crippen LogP contribution in [0.25, 0.3) is 0 Å². The maximum atomic E-state index is 10.5. The Morgan fingerprint density at radius 3 is 2.88 bits per heavy atom. The van der Waals surface area contributed by atoms with E-state index in [1.165, 1.54) is 6.07 Å². The number of carbonyl (C=O) groups is 1. The molecule has 1 aliphatic carbocycles. The summed E-state index contributed by atoms with van der Waals surface area (Å²) in [5.74, 6) is 0.0333. The van der Waals surface area contributed by atoms with E-state index in [4.69, 9.17) is 0 Å². The molecule has 17 heavy (non-hydrogen) atoms. The van der Waals surface area contributed by atoms with Gasteiger partial charge in [0.1, 0.15) is 5.75 Å². The first kappa shape index (κ1) is 11.9. The summed E-state index contributed by atoms with van der Waals surface area (Å²) < 4.78 is 0. The average molecular weight is 236 g/mol. The van der Waals surface area contributed by atoms with Gasteiger partial charge in [0.15, 0.2) is 0 Å². The molecule has 0 aliphatic heterocycles. The van der Waals surface area contributed by atoms with Crippen LogP contribution < -0.4 is 10.6 Å². The van der Waals surface area contributed by atoms with E-state index >= 15 is 0 Å². The summed E-state index contributed by atoms with van der Waals surface area (Å²) in [5.41, 5.74) is 1.99. The Morgan fingerprint density at radius 1 is 1.47 bits per heavy atom. The highest BCUT2D eigenvalue weighted by Gasteiger charge is 2.29. The summed E-state index contributed by atoms with van der Waals surface area (Å²) in [6, 6.07) is 3.21. The Balaban J connectivity index is 2.46. The minimum absolute atomic E-state index is 0.0103. The zero-order valence-electron chi connectivity index (χ0n) is 9.60. The van der Waals surface area contributed by atoms with Crippen molar-refractivity contribution < 1.29 is 15.0 Å². The van der Waals surface area contributed by atoms with Crippen LogP contribution in [0.2, 0.25) is 0 Å². The molecule has 1 aromatic rings. The average Bonchev–Trinajstić information content (AvgIpc) is 2.33. The van der Waals surface area contributed by atoms with Crippen LogP contribution >= 0.6 is 0 Å². The summed E-state index contributed by atoms with van der Waals surface area (Å²) in [5, 5.41) is 25.4. The van der Waals surface area contributed by atoms with Crippen LogP contribution in [0.15, 0.2) is 12.1 Å². The molecule has 1 aromatic carbocycles. The first-order valence-electron chi connectivity index (χ1n) is 5.59. The maximum Gasteiger partial charge on any atom is 0.211 e. The number of phenolic OH excluding ortho intramolecular Hbond substituents is 1. The minimum atomic E-state index is -0.614. The van der Waals surface area contributed by atoms with Gasteiger partial charge in [0.2, 0.25) is 6.41 Å². The number of nitrogens with one attached hydrogen (secondary N) is 2. The molecule has 0 heterocycles. The topological polar surface area (TPSA) is 81.6 Å². The van der Waals surface area contributed by atoms with Crippen molar-refractivity contribution in [1.82, 2.24) is 5.32 Å². The van der Waals surface area contributed by atoms with Crippen molar-refractivity contribution in [2.75, 3.05) is 12.4 Å². The summed E-state index contributed by atoms with van der Waals surface area (Å²) in [6.07, 6.45) is 1.40. The lowest BCUT2D eigenvalue weighted by Gasteiger charge is -2.31. The van der Waals surface area contributed by atoms with Gasteiger partial charge < -0.3 is 20.8 Å². The molecule has 2 rings (SSSR count). The number of amides is 1. The maximum absolute atomic E-state index is 10.5. The lowest BCUT2D eigenvalue weighted by Crippen LogP contribution is -2.36. The second-order valence-electron chi connectivity index (χ2n) is 4.17. The standard InChI is InChI=1S/C12H16N2O3/c1-13-9-4-2-7-8(12(9)17)3-5-10(16)11(7)14-6-15/h3,5-6,9,12-13,16-17H,2,4H2,1H3,(H,14,15)/t9-,12+/m0/s1. The van der Waals surface area contributed by atoms with E-state index in [1.54, 1.807) is 6.07 Å². The van der Waals surface area contributed by atoms with E-state index < -0.39 is 6.10 Å². The van der Waals surface area contributed by atoms with Gasteiger partial charge in [0, 0.05) is 6.04 Å². The molecular formula is C12H16N2O3. The number of likely N-dealkylation sites (N-methyl/N-ethyl adjacent to an activating group) is 1. The van der Waals surface area contributed by atoms with Crippen molar-refractivity contribution in [3.05, 3.63) is 23.3 Å². The molecule has 0 saturated heterocycles. The van der Waals surface area contributed by atoms with Crippen molar-refractivity contribution in [2.45, 2.75) is 25.0 Å². The molecule has 92 valence electrons. The van der Waals surface area contributed by atoms with Gasteiger partial charge in [-0.1, -0.05) is 6.07 Å². The Labute approximate surface area is 99.5 Å². The van der Waals surface area contributed by atoms with Crippen LogP contribution in [0.5, 0.6) is 5.75 Å². The van der Waals surface area contributed by atoms with Crippen molar-refractivity contribution in [3.63, 3.8) is 0 Å². The highest BCUT2D eigenvalue weighted by molar-refractivity contribution is 5.79. The molecular weight excluding hydrogens is 220 g/mol. The Morgan fingerprint density at radius 2 is 2.24 bits per heavy atom. The molecule has 0 saturated carbocycles. The van der Waals surface area contributed by atoms with E-state index in [0.717, 1.165) is 17.5 Å². The van der Waals surface area contributed by atoms with E-state index in [0.29, 0.717) is 18.5 Å². The third-order valence-electron chi connectivity index (χ3n) is 3.31. The fraction of sp³-hybridized carbons (Fsp3) is 0.417. The number of carbonyl (C=O) groups excluding carboxylic acids is 1. The van der Waals surface area contributed by atoms with E-state index in [1.807, 2.05) is 7.05 Å². The Bertz CT molecular complexity index is 434. The second-order valence-corrected chi connectivity index (χ2v) is 4.17. The van der Waals surface area contributed by atoms with Crippen LogP contribution in [0, 0.1) is 0 Å². The van der Waals surface area contributed by atoms with Gasteiger partial charge in [-0.25, -0.2) is 0 Å². The predicted octanol–water partition coefficient (Wildman–Crippen LogP) is 0.528. The van der Waals surface area contributed by atoms with Crippen molar-refractivity contribution >= 4 is 12.1 Å². The Hall–Kier alpha value is -1.59. The highest BCUT2D eigenvalue weighted by Crippen LogP contribution is 2.38. The summed E-state index contributed by atoms with van der Waals surface area (Å²) in [6.45, 7) is 0. The van der Waals surface area contributed by atoms with Crippen molar-refractivity contribution in [2.24, 2.45) is 0 Å². The molecule has 0 bridgehead atoms. The lowest BCUT2D eigenvalue weighted by atomic mass is 9.84. The number of aliphatic hydroxyl groups excluding tert-OH is 1. The van der Waals surface area contributed by atoms with E-state index in [9.17, 15) is 15.0 Å². The molecule has 0 radical (unpaired) electrons. The molecule has 0 fully saturated rings. The molecule has 2 atom stereocenters. The molecule has 5 heteroatoms. The van der Waals surface area contributed by atoms with Gasteiger partial charge >= 0.3 is 0 Å². The van der Waals surface area contributed by atoms with Crippen molar-refractivity contribution in [3.8, 4) is 5.75 Å². The van der Waals surface area contributed by atoms with Crippen LogP contribution in [0.1, 0.15) is 23.7 Å². The quantitative estimate of drug-likeness (QED) is 0.456. The Kier molecular flexibility index (Phi) is 3.31. The third-order valence-corrected chi connectivity index (χ3v) is 3.31. The van der Waals surface area contributed by atoms with Gasteiger partial charge in [-0.05, 0) is 37.1 Å². The first-order chi connectivity index (χ1) is 8.19. The van der Waals surface area contributed by atoms with Gasteiger partial charge in [-0.3, -0.25) is 4.79 Å². The molecule has 0 unspecified atom stereocenters. The summed E-state index contributed by atoms with van der Waals surface area (Å²) in [7, 11) is 1.81. The predicted molar refractivity (Wildman–Crippen MR) is 63.9 cm³/mol. The summed E-state index contributed by atoms with van der Waals surface area (Å²) in [4.78, 5) is 10.5. The SMILES string of the molecule is CN[C@H]1CCc2c(ccc(O)c2NC=O)[C@H]1O. The molecule has 0 spiro atoms. The van der Waals surface area contributed by atoms with Crippen LogP contribution in [0.3, 0.4) is 0 Å². The molecule has 1 aliphatic rings. The number of benzene rings is 1. The fourth-order valence-corrected chi connectivity index (χ4v) is 2.39. The first-order valence-corrected chi connectivity index (χ1v) is 5.59. The van der Waals surface area contributed by atoms with E-state index in [-0.39, 0.29) is 11.8 Å². The number of rotatable bonds is 3. The molecule has 1 amide bonds. The molecule has 4 N–H and O–H groups in total.